The second kappa shape index (κ2) is 7.41. The third-order valence-corrected chi connectivity index (χ3v) is 4.91. The van der Waals surface area contributed by atoms with Gasteiger partial charge in [0.25, 0.3) is 0 Å². The minimum absolute atomic E-state index is 0.587. The van der Waals surface area contributed by atoms with E-state index in [-0.39, 0.29) is 0 Å². The SMILES string of the molecule is CC(C)CN1CCC[C@@H]1CNc1ccc2nnc(-c3ccccc3)n2n1. The fourth-order valence-electron chi connectivity index (χ4n) is 3.71. The van der Waals surface area contributed by atoms with Gasteiger partial charge in [-0.1, -0.05) is 44.2 Å². The second-order valence-corrected chi connectivity index (χ2v) is 7.44. The summed E-state index contributed by atoms with van der Waals surface area (Å²) < 4.78 is 1.82. The summed E-state index contributed by atoms with van der Waals surface area (Å²) in [7, 11) is 0. The number of likely N-dealkylation sites (tertiary alicyclic amines) is 1. The van der Waals surface area contributed by atoms with Gasteiger partial charge in [-0.3, -0.25) is 4.90 Å². The molecule has 3 heterocycles. The van der Waals surface area contributed by atoms with E-state index >= 15 is 0 Å². The molecule has 2 aromatic heterocycles. The Bertz CT molecular complexity index is 857. The topological polar surface area (TPSA) is 58.3 Å². The lowest BCUT2D eigenvalue weighted by atomic mass is 10.1. The molecule has 0 amide bonds. The van der Waals surface area contributed by atoms with Crippen molar-refractivity contribution in [3.8, 4) is 11.4 Å². The summed E-state index contributed by atoms with van der Waals surface area (Å²) in [5.74, 6) is 2.34. The molecule has 0 saturated carbocycles. The maximum absolute atomic E-state index is 4.72. The maximum atomic E-state index is 4.72. The lowest BCUT2D eigenvalue weighted by molar-refractivity contribution is 0.234. The lowest BCUT2D eigenvalue weighted by Gasteiger charge is -2.26. The molecule has 1 saturated heterocycles. The molecule has 1 N–H and O–H groups in total. The predicted octanol–water partition coefficient (Wildman–Crippen LogP) is 3.32. The van der Waals surface area contributed by atoms with Gasteiger partial charge in [0.1, 0.15) is 5.82 Å². The third-order valence-electron chi connectivity index (χ3n) is 4.91. The molecule has 1 aromatic carbocycles. The van der Waals surface area contributed by atoms with Crippen LogP contribution in [0.2, 0.25) is 0 Å². The summed E-state index contributed by atoms with van der Waals surface area (Å²) in [5, 5.41) is 16.8. The van der Waals surface area contributed by atoms with Gasteiger partial charge >= 0.3 is 0 Å². The Hall–Kier alpha value is -2.47. The quantitative estimate of drug-likeness (QED) is 0.739. The molecule has 0 aliphatic carbocycles. The van der Waals surface area contributed by atoms with Crippen molar-refractivity contribution in [3.05, 3.63) is 42.5 Å². The average molecular weight is 350 g/mol. The van der Waals surface area contributed by atoms with Crippen LogP contribution in [0.1, 0.15) is 26.7 Å². The molecule has 1 atom stereocenters. The van der Waals surface area contributed by atoms with Gasteiger partial charge in [0, 0.05) is 24.7 Å². The highest BCUT2D eigenvalue weighted by molar-refractivity contribution is 5.59. The van der Waals surface area contributed by atoms with Crippen molar-refractivity contribution in [2.24, 2.45) is 5.92 Å². The molecular weight excluding hydrogens is 324 g/mol. The molecule has 136 valence electrons. The first-order valence-electron chi connectivity index (χ1n) is 9.46. The first kappa shape index (κ1) is 17.0. The number of aromatic nitrogens is 4. The van der Waals surface area contributed by atoms with Gasteiger partial charge < -0.3 is 5.32 Å². The van der Waals surface area contributed by atoms with Crippen LogP contribution in [-0.4, -0.2) is 50.4 Å². The highest BCUT2D eigenvalue weighted by atomic mass is 15.4. The van der Waals surface area contributed by atoms with Gasteiger partial charge in [0.05, 0.1) is 0 Å². The molecule has 0 bridgehead atoms. The predicted molar refractivity (Wildman–Crippen MR) is 104 cm³/mol. The molecule has 0 radical (unpaired) electrons. The van der Waals surface area contributed by atoms with Gasteiger partial charge in [-0.15, -0.1) is 15.3 Å². The van der Waals surface area contributed by atoms with Gasteiger partial charge in [-0.2, -0.15) is 4.52 Å². The van der Waals surface area contributed by atoms with Crippen LogP contribution >= 0.6 is 0 Å². The van der Waals surface area contributed by atoms with Gasteiger partial charge in [0.2, 0.25) is 0 Å². The summed E-state index contributed by atoms with van der Waals surface area (Å²) in [6.45, 7) is 7.88. The van der Waals surface area contributed by atoms with Crippen molar-refractivity contribution in [1.29, 1.82) is 0 Å². The van der Waals surface area contributed by atoms with Crippen molar-refractivity contribution in [2.75, 3.05) is 25.0 Å². The summed E-state index contributed by atoms with van der Waals surface area (Å²) in [6.07, 6.45) is 2.54. The van der Waals surface area contributed by atoms with Crippen LogP contribution in [0.15, 0.2) is 42.5 Å². The minimum atomic E-state index is 0.587. The Kier molecular flexibility index (Phi) is 4.84. The summed E-state index contributed by atoms with van der Waals surface area (Å²) in [6, 6.07) is 14.6. The van der Waals surface area contributed by atoms with Crippen LogP contribution in [0.5, 0.6) is 0 Å². The molecular formula is C20H26N6. The minimum Gasteiger partial charge on any atom is -0.367 e. The molecule has 0 spiro atoms. The number of anilines is 1. The van der Waals surface area contributed by atoms with Gasteiger partial charge in [-0.05, 0) is 37.4 Å². The van der Waals surface area contributed by atoms with Crippen molar-refractivity contribution in [1.82, 2.24) is 24.7 Å². The van der Waals surface area contributed by atoms with Gasteiger partial charge in [-0.25, -0.2) is 0 Å². The van der Waals surface area contributed by atoms with Crippen molar-refractivity contribution in [3.63, 3.8) is 0 Å². The summed E-state index contributed by atoms with van der Waals surface area (Å²) in [5.41, 5.74) is 1.78. The monoisotopic (exact) mass is 350 g/mol. The number of nitrogens with zero attached hydrogens (tertiary/aromatic N) is 5. The molecule has 6 nitrogen and oxygen atoms in total. The Morgan fingerprint density at radius 2 is 1.96 bits per heavy atom. The molecule has 1 aliphatic heterocycles. The number of fused-ring (bicyclic) bond motifs is 1. The van der Waals surface area contributed by atoms with E-state index in [9.17, 15) is 0 Å². The van der Waals surface area contributed by atoms with Crippen molar-refractivity contribution >= 4 is 11.5 Å². The summed E-state index contributed by atoms with van der Waals surface area (Å²) in [4.78, 5) is 2.60. The first-order valence-corrected chi connectivity index (χ1v) is 9.46. The Morgan fingerprint density at radius 1 is 1.12 bits per heavy atom. The zero-order valence-corrected chi connectivity index (χ0v) is 15.5. The second-order valence-electron chi connectivity index (χ2n) is 7.44. The standard InChI is InChI=1S/C20H26N6/c1-15(2)14-25-12-6-9-17(25)13-21-18-10-11-19-22-23-20(26(19)24-18)16-7-4-3-5-8-16/h3-5,7-8,10-11,15,17H,6,9,12-14H2,1-2H3,(H,21,24)/t17-/m1/s1. The van der Waals surface area contributed by atoms with E-state index in [1.54, 1.807) is 0 Å². The normalized spacial score (nSPS) is 18.0. The fourth-order valence-corrected chi connectivity index (χ4v) is 3.71. The molecule has 26 heavy (non-hydrogen) atoms. The highest BCUT2D eigenvalue weighted by Crippen LogP contribution is 2.20. The van der Waals surface area contributed by atoms with Crippen LogP contribution < -0.4 is 5.32 Å². The molecule has 4 rings (SSSR count). The Morgan fingerprint density at radius 3 is 2.77 bits per heavy atom. The zero-order chi connectivity index (χ0) is 17.9. The van der Waals surface area contributed by atoms with Crippen LogP contribution in [-0.2, 0) is 0 Å². The van der Waals surface area contributed by atoms with E-state index in [1.807, 2.05) is 47.0 Å². The number of nitrogens with one attached hydrogen (secondary N) is 1. The number of rotatable bonds is 6. The van der Waals surface area contributed by atoms with Crippen molar-refractivity contribution < 1.29 is 0 Å². The van der Waals surface area contributed by atoms with E-state index in [4.69, 9.17) is 5.10 Å². The average Bonchev–Trinajstić information content (AvgIpc) is 3.26. The van der Waals surface area contributed by atoms with Crippen LogP contribution in [0.25, 0.3) is 17.0 Å². The molecule has 0 unspecified atom stereocenters. The van der Waals surface area contributed by atoms with Crippen LogP contribution in [0.3, 0.4) is 0 Å². The summed E-state index contributed by atoms with van der Waals surface area (Å²) >= 11 is 0. The molecule has 1 aliphatic rings. The number of benzene rings is 1. The van der Waals surface area contributed by atoms with E-state index in [2.05, 4.69) is 34.3 Å². The molecule has 3 aromatic rings. The molecule has 1 fully saturated rings. The zero-order valence-electron chi connectivity index (χ0n) is 15.5. The Labute approximate surface area is 154 Å². The van der Waals surface area contributed by atoms with Crippen molar-refractivity contribution in [2.45, 2.75) is 32.7 Å². The number of hydrogen-bond donors (Lipinski definition) is 1. The first-order chi connectivity index (χ1) is 12.7. The van der Waals surface area contributed by atoms with Crippen LogP contribution in [0, 0.1) is 5.92 Å². The largest absolute Gasteiger partial charge is 0.367 e. The fraction of sp³-hybridized carbons (Fsp3) is 0.450. The maximum Gasteiger partial charge on any atom is 0.185 e. The van der Waals surface area contributed by atoms with E-state index < -0.39 is 0 Å². The lowest BCUT2D eigenvalue weighted by Crippen LogP contribution is -2.37. The number of hydrogen-bond acceptors (Lipinski definition) is 5. The van der Waals surface area contributed by atoms with E-state index in [0.29, 0.717) is 12.0 Å². The molecule has 6 heteroatoms. The van der Waals surface area contributed by atoms with Gasteiger partial charge in [0.15, 0.2) is 11.5 Å². The smallest absolute Gasteiger partial charge is 0.185 e. The Balaban J connectivity index is 1.51. The van der Waals surface area contributed by atoms with E-state index in [0.717, 1.165) is 29.4 Å². The highest BCUT2D eigenvalue weighted by Gasteiger charge is 2.24. The third kappa shape index (κ3) is 3.55. The van der Waals surface area contributed by atoms with E-state index in [1.165, 1.54) is 25.9 Å². The van der Waals surface area contributed by atoms with Crippen LogP contribution in [0.4, 0.5) is 5.82 Å².